The fraction of sp³-hybridized carbons (Fsp3) is 0.222. The summed E-state index contributed by atoms with van der Waals surface area (Å²) in [4.78, 5) is 4.84. The Morgan fingerprint density at radius 2 is 2.17 bits per heavy atom. The van der Waals surface area contributed by atoms with Crippen molar-refractivity contribution in [3.05, 3.63) is 29.8 Å². The second-order valence-electron chi connectivity index (χ2n) is 2.64. The molecule has 62 valence electrons. The topological polar surface area (TPSA) is 41.8 Å². The maximum atomic E-state index is 9.43. The minimum absolute atomic E-state index is 0.266. The zero-order chi connectivity index (χ0) is 8.39. The lowest BCUT2D eigenvalue weighted by atomic mass is 10.1. The van der Waals surface area contributed by atoms with Gasteiger partial charge in [-0.25, -0.2) is 0 Å². The first-order valence-corrected chi connectivity index (χ1v) is 3.85. The van der Waals surface area contributed by atoms with Crippen LogP contribution in [-0.4, -0.2) is 17.4 Å². The van der Waals surface area contributed by atoms with Crippen LogP contribution in [0.3, 0.4) is 0 Å². The maximum Gasteiger partial charge on any atom is 0.124 e. The van der Waals surface area contributed by atoms with Gasteiger partial charge in [0.25, 0.3) is 0 Å². The number of para-hydroxylation sites is 1. The van der Waals surface area contributed by atoms with Gasteiger partial charge in [-0.15, -0.1) is 0 Å². The number of hydrogen-bond donors (Lipinski definition) is 1. The summed E-state index contributed by atoms with van der Waals surface area (Å²) in [6.07, 6.45) is 0.775. The normalized spacial score (nSPS) is 15.5. The Bertz CT molecular complexity index is 320. The minimum atomic E-state index is 0.266. The Kier molecular flexibility index (Phi) is 1.70. The second kappa shape index (κ2) is 2.85. The van der Waals surface area contributed by atoms with Gasteiger partial charge in [-0.2, -0.15) is 0 Å². The van der Waals surface area contributed by atoms with Crippen molar-refractivity contribution in [2.24, 2.45) is 5.16 Å². The molecule has 12 heavy (non-hydrogen) atoms. The van der Waals surface area contributed by atoms with Crippen molar-refractivity contribution in [3.8, 4) is 5.75 Å². The van der Waals surface area contributed by atoms with Crippen LogP contribution < -0.4 is 0 Å². The summed E-state index contributed by atoms with van der Waals surface area (Å²) in [6, 6.07) is 7.14. The van der Waals surface area contributed by atoms with Gasteiger partial charge in [0.05, 0.1) is 5.71 Å². The van der Waals surface area contributed by atoms with Crippen LogP contribution in [0, 0.1) is 0 Å². The van der Waals surface area contributed by atoms with E-state index in [1.165, 1.54) is 0 Å². The molecule has 0 amide bonds. The number of phenols is 1. The van der Waals surface area contributed by atoms with Gasteiger partial charge in [0.1, 0.15) is 12.4 Å². The van der Waals surface area contributed by atoms with Gasteiger partial charge in [-0.1, -0.05) is 17.3 Å². The fourth-order valence-electron chi connectivity index (χ4n) is 1.21. The van der Waals surface area contributed by atoms with E-state index < -0.39 is 0 Å². The van der Waals surface area contributed by atoms with Crippen LogP contribution in [-0.2, 0) is 4.84 Å². The summed E-state index contributed by atoms with van der Waals surface area (Å²) in [5.41, 5.74) is 1.60. The smallest absolute Gasteiger partial charge is 0.124 e. The van der Waals surface area contributed by atoms with Crippen molar-refractivity contribution in [2.45, 2.75) is 6.42 Å². The summed E-state index contributed by atoms with van der Waals surface area (Å²) >= 11 is 0. The van der Waals surface area contributed by atoms with Crippen LogP contribution in [0.2, 0.25) is 0 Å². The Morgan fingerprint density at radius 1 is 1.33 bits per heavy atom. The molecular weight excluding hydrogens is 154 g/mol. The SMILES string of the molecule is Oc1ccccc1C1=NOCC1. The molecule has 0 unspecified atom stereocenters. The Hall–Kier alpha value is -1.51. The molecule has 0 fully saturated rings. The molecule has 0 saturated carbocycles. The van der Waals surface area contributed by atoms with Crippen LogP contribution in [0.1, 0.15) is 12.0 Å². The molecule has 3 nitrogen and oxygen atoms in total. The molecule has 1 N–H and O–H groups in total. The van der Waals surface area contributed by atoms with Gasteiger partial charge in [0.2, 0.25) is 0 Å². The number of phenolic OH excluding ortho intramolecular Hbond substituents is 1. The van der Waals surface area contributed by atoms with Crippen molar-refractivity contribution in [2.75, 3.05) is 6.61 Å². The van der Waals surface area contributed by atoms with Gasteiger partial charge in [-0.3, -0.25) is 0 Å². The van der Waals surface area contributed by atoms with E-state index in [0.717, 1.165) is 17.7 Å². The standard InChI is InChI=1S/C9H9NO2/c11-9-4-2-1-3-7(9)8-5-6-12-10-8/h1-4,11H,5-6H2. The number of aromatic hydroxyl groups is 1. The van der Waals surface area contributed by atoms with Crippen molar-refractivity contribution in [3.63, 3.8) is 0 Å². The first-order valence-electron chi connectivity index (χ1n) is 3.85. The highest BCUT2D eigenvalue weighted by Gasteiger charge is 2.13. The van der Waals surface area contributed by atoms with Crippen molar-refractivity contribution < 1.29 is 9.94 Å². The average molecular weight is 163 g/mol. The summed E-state index contributed by atoms with van der Waals surface area (Å²) in [7, 11) is 0. The molecule has 0 aliphatic carbocycles. The second-order valence-corrected chi connectivity index (χ2v) is 2.64. The molecule has 0 bridgehead atoms. The van der Waals surface area contributed by atoms with E-state index in [-0.39, 0.29) is 5.75 Å². The van der Waals surface area contributed by atoms with Crippen molar-refractivity contribution in [1.82, 2.24) is 0 Å². The lowest BCUT2D eigenvalue weighted by Crippen LogP contribution is -1.96. The summed E-state index contributed by atoms with van der Waals surface area (Å²) in [5.74, 6) is 0.266. The molecule has 0 aromatic heterocycles. The number of oxime groups is 1. The molecule has 1 aromatic carbocycles. The third-order valence-corrected chi connectivity index (χ3v) is 1.82. The highest BCUT2D eigenvalue weighted by molar-refractivity contribution is 6.03. The van der Waals surface area contributed by atoms with Crippen LogP contribution >= 0.6 is 0 Å². The maximum absolute atomic E-state index is 9.43. The van der Waals surface area contributed by atoms with Crippen LogP contribution in [0.4, 0.5) is 0 Å². The molecule has 0 atom stereocenters. The molecule has 1 aliphatic rings. The molecule has 0 spiro atoms. The molecule has 3 heteroatoms. The quantitative estimate of drug-likeness (QED) is 0.681. The van der Waals surface area contributed by atoms with E-state index in [0.29, 0.717) is 6.61 Å². The molecule has 1 aliphatic heterocycles. The third-order valence-electron chi connectivity index (χ3n) is 1.82. The number of nitrogens with zero attached hydrogens (tertiary/aromatic N) is 1. The Balaban J connectivity index is 2.39. The zero-order valence-corrected chi connectivity index (χ0v) is 6.53. The first kappa shape index (κ1) is 7.16. The van der Waals surface area contributed by atoms with Crippen LogP contribution in [0.5, 0.6) is 5.75 Å². The third kappa shape index (κ3) is 1.13. The average Bonchev–Trinajstić information content (AvgIpc) is 2.57. The van der Waals surface area contributed by atoms with Gasteiger partial charge < -0.3 is 9.94 Å². The highest BCUT2D eigenvalue weighted by Crippen LogP contribution is 2.20. The van der Waals surface area contributed by atoms with Crippen molar-refractivity contribution >= 4 is 5.71 Å². The molecule has 1 heterocycles. The van der Waals surface area contributed by atoms with E-state index >= 15 is 0 Å². The number of hydrogen-bond acceptors (Lipinski definition) is 3. The van der Waals surface area contributed by atoms with E-state index in [9.17, 15) is 5.11 Å². The molecular formula is C9H9NO2. The van der Waals surface area contributed by atoms with E-state index in [2.05, 4.69) is 5.16 Å². The van der Waals surface area contributed by atoms with Gasteiger partial charge in [0.15, 0.2) is 0 Å². The Labute approximate surface area is 70.3 Å². The molecule has 1 aromatic rings. The summed E-state index contributed by atoms with van der Waals surface area (Å²) < 4.78 is 0. The molecule has 2 rings (SSSR count). The lowest BCUT2D eigenvalue weighted by molar-refractivity contribution is 0.174. The first-order chi connectivity index (χ1) is 5.88. The minimum Gasteiger partial charge on any atom is -0.507 e. The van der Waals surface area contributed by atoms with Gasteiger partial charge >= 0.3 is 0 Å². The van der Waals surface area contributed by atoms with Crippen molar-refractivity contribution in [1.29, 1.82) is 0 Å². The largest absolute Gasteiger partial charge is 0.507 e. The summed E-state index contributed by atoms with van der Waals surface area (Å²) in [6.45, 7) is 0.615. The zero-order valence-electron chi connectivity index (χ0n) is 6.53. The van der Waals surface area contributed by atoms with E-state index in [1.54, 1.807) is 12.1 Å². The number of rotatable bonds is 1. The highest BCUT2D eigenvalue weighted by atomic mass is 16.6. The number of benzene rings is 1. The van der Waals surface area contributed by atoms with Gasteiger partial charge in [-0.05, 0) is 12.1 Å². The predicted octanol–water partition coefficient (Wildman–Crippen LogP) is 1.52. The Morgan fingerprint density at radius 3 is 2.83 bits per heavy atom. The van der Waals surface area contributed by atoms with Gasteiger partial charge in [0, 0.05) is 12.0 Å². The fourth-order valence-corrected chi connectivity index (χ4v) is 1.21. The van der Waals surface area contributed by atoms with Crippen LogP contribution in [0.15, 0.2) is 29.4 Å². The van der Waals surface area contributed by atoms with E-state index in [1.807, 2.05) is 12.1 Å². The van der Waals surface area contributed by atoms with E-state index in [4.69, 9.17) is 4.84 Å². The monoisotopic (exact) mass is 163 g/mol. The lowest BCUT2D eigenvalue weighted by Gasteiger charge is -1.99. The van der Waals surface area contributed by atoms with Crippen LogP contribution in [0.25, 0.3) is 0 Å². The summed E-state index contributed by atoms with van der Waals surface area (Å²) in [5, 5.41) is 13.3. The molecule has 0 saturated heterocycles. The molecule has 0 radical (unpaired) electrons. The predicted molar refractivity (Wildman–Crippen MR) is 45.2 cm³/mol.